The molecule has 0 bridgehead atoms. The average molecular weight is 440 g/mol. The van der Waals surface area contributed by atoms with Crippen LogP contribution in [0.25, 0.3) is 0 Å². The molecule has 0 fully saturated rings. The molecule has 3 aromatic rings. The van der Waals surface area contributed by atoms with Gasteiger partial charge < -0.3 is 10.1 Å². The number of hydrogen-bond acceptors (Lipinski definition) is 4. The predicted molar refractivity (Wildman–Crippen MR) is 122 cm³/mol. The van der Waals surface area contributed by atoms with Gasteiger partial charge in [0.15, 0.2) is 0 Å². The van der Waals surface area contributed by atoms with E-state index >= 15 is 0 Å². The molecule has 0 saturated carbocycles. The number of hydrogen-bond donors (Lipinski definition) is 1. The van der Waals surface area contributed by atoms with Crippen molar-refractivity contribution >= 4 is 27.5 Å². The lowest BCUT2D eigenvalue weighted by Crippen LogP contribution is -2.44. The number of nitrogens with zero attached hydrogens (tertiary/aromatic N) is 2. The average Bonchev–Trinajstić information content (AvgIpc) is 2.78. The van der Waals surface area contributed by atoms with Gasteiger partial charge in [0.1, 0.15) is 18.9 Å². The summed E-state index contributed by atoms with van der Waals surface area (Å²) in [6, 6.07) is 25.3. The van der Waals surface area contributed by atoms with Gasteiger partial charge in [0, 0.05) is 19.8 Å². The molecule has 3 aromatic carbocycles. The van der Waals surface area contributed by atoms with E-state index in [-0.39, 0.29) is 6.54 Å². The molecule has 31 heavy (non-hydrogen) atoms. The molecule has 0 aliphatic carbocycles. The van der Waals surface area contributed by atoms with Crippen molar-refractivity contribution in [1.82, 2.24) is 4.31 Å². The minimum Gasteiger partial charge on any atom is -0.489 e. The van der Waals surface area contributed by atoms with E-state index in [1.165, 1.54) is 14.1 Å². The third-order valence-corrected chi connectivity index (χ3v) is 6.28. The molecule has 0 saturated heterocycles. The van der Waals surface area contributed by atoms with Crippen molar-refractivity contribution in [1.29, 1.82) is 0 Å². The van der Waals surface area contributed by atoms with Crippen LogP contribution >= 0.6 is 0 Å². The van der Waals surface area contributed by atoms with Gasteiger partial charge in [0.05, 0.1) is 5.69 Å². The summed E-state index contributed by atoms with van der Waals surface area (Å²) >= 11 is 0. The maximum absolute atomic E-state index is 12.7. The number of carbonyl (C=O) groups is 1. The maximum atomic E-state index is 12.7. The van der Waals surface area contributed by atoms with Gasteiger partial charge in [-0.05, 0) is 42.0 Å². The normalized spacial score (nSPS) is 11.2. The minimum atomic E-state index is -3.83. The highest BCUT2D eigenvalue weighted by atomic mass is 32.2. The van der Waals surface area contributed by atoms with Crippen LogP contribution in [0.15, 0.2) is 84.9 Å². The highest BCUT2D eigenvalue weighted by Crippen LogP contribution is 2.20. The Kier molecular flexibility index (Phi) is 7.28. The van der Waals surface area contributed by atoms with E-state index in [0.29, 0.717) is 23.7 Å². The van der Waals surface area contributed by atoms with Gasteiger partial charge in [0.2, 0.25) is 5.91 Å². The minimum absolute atomic E-state index is 0.350. The molecule has 8 heteroatoms. The van der Waals surface area contributed by atoms with Crippen LogP contribution in [0, 0.1) is 0 Å². The van der Waals surface area contributed by atoms with E-state index in [2.05, 4.69) is 5.32 Å². The number of nitrogens with one attached hydrogen (secondary N) is 1. The van der Waals surface area contributed by atoms with Crippen molar-refractivity contribution in [3.05, 3.63) is 90.5 Å². The first-order chi connectivity index (χ1) is 14.9. The monoisotopic (exact) mass is 439 g/mol. The van der Waals surface area contributed by atoms with Crippen LogP contribution in [0.5, 0.6) is 5.75 Å². The van der Waals surface area contributed by atoms with Gasteiger partial charge in [-0.15, -0.1) is 0 Å². The van der Waals surface area contributed by atoms with Crippen LogP contribution in [0.3, 0.4) is 0 Å². The van der Waals surface area contributed by atoms with Gasteiger partial charge in [-0.25, -0.2) is 4.31 Å². The summed E-state index contributed by atoms with van der Waals surface area (Å²) in [5.41, 5.74) is 2.02. The van der Waals surface area contributed by atoms with Gasteiger partial charge in [-0.2, -0.15) is 12.7 Å². The molecule has 162 valence electrons. The summed E-state index contributed by atoms with van der Waals surface area (Å²) in [6.45, 7) is 0.0950. The lowest BCUT2D eigenvalue weighted by molar-refractivity contribution is -0.114. The van der Waals surface area contributed by atoms with E-state index in [1.807, 2.05) is 30.3 Å². The fraction of sp³-hybridized carbons (Fsp3) is 0.174. The molecule has 1 amide bonds. The van der Waals surface area contributed by atoms with E-state index in [0.717, 1.165) is 14.2 Å². The van der Waals surface area contributed by atoms with Crippen LogP contribution in [0.4, 0.5) is 11.4 Å². The zero-order valence-electron chi connectivity index (χ0n) is 17.4. The summed E-state index contributed by atoms with van der Waals surface area (Å²) in [6.07, 6.45) is 0. The number of ether oxygens (including phenoxy) is 1. The highest BCUT2D eigenvalue weighted by Gasteiger charge is 2.27. The van der Waals surface area contributed by atoms with Crippen LogP contribution in [-0.4, -0.2) is 39.3 Å². The van der Waals surface area contributed by atoms with Gasteiger partial charge in [-0.3, -0.25) is 4.79 Å². The lowest BCUT2D eigenvalue weighted by atomic mass is 10.2. The molecule has 1 N–H and O–H groups in total. The number of amides is 1. The number of para-hydroxylation sites is 1. The molecule has 0 aliphatic rings. The molecular formula is C23H25N3O4S. The summed E-state index contributed by atoms with van der Waals surface area (Å²) in [5, 5.41) is 2.74. The molecular weight excluding hydrogens is 414 g/mol. The van der Waals surface area contributed by atoms with E-state index in [1.54, 1.807) is 54.6 Å². The van der Waals surface area contributed by atoms with Crippen LogP contribution in [0.2, 0.25) is 0 Å². The molecule has 7 nitrogen and oxygen atoms in total. The fourth-order valence-electron chi connectivity index (χ4n) is 2.80. The first kappa shape index (κ1) is 22.3. The number of anilines is 2. The molecule has 0 aliphatic heterocycles. The summed E-state index contributed by atoms with van der Waals surface area (Å²) in [5.74, 6) is 0.218. The zero-order valence-corrected chi connectivity index (χ0v) is 18.2. The van der Waals surface area contributed by atoms with Crippen molar-refractivity contribution in [2.24, 2.45) is 0 Å². The van der Waals surface area contributed by atoms with Crippen LogP contribution < -0.4 is 14.4 Å². The summed E-state index contributed by atoms with van der Waals surface area (Å²) < 4.78 is 33.3. The van der Waals surface area contributed by atoms with Crippen molar-refractivity contribution in [2.75, 3.05) is 30.3 Å². The Labute approximate surface area is 183 Å². The van der Waals surface area contributed by atoms with Crippen LogP contribution in [-0.2, 0) is 21.6 Å². The molecule has 0 heterocycles. The second-order valence-electron chi connectivity index (χ2n) is 6.98. The molecule has 0 aromatic heterocycles. The Hall–Kier alpha value is -3.36. The standard InChI is InChI=1S/C23H25N3O4S/c1-25(2)31(28,29)26(21-11-7-4-8-12-21)17-23(27)24-20-13-15-22(16-14-20)30-18-19-9-5-3-6-10-19/h3-16H,17-18H2,1-2H3,(H,24,27). The Balaban J connectivity index is 1.64. The fourth-order valence-corrected chi connectivity index (χ4v) is 3.87. The maximum Gasteiger partial charge on any atom is 0.304 e. The quantitative estimate of drug-likeness (QED) is 0.553. The Morgan fingerprint density at radius 2 is 1.45 bits per heavy atom. The Morgan fingerprint density at radius 3 is 2.03 bits per heavy atom. The first-order valence-electron chi connectivity index (χ1n) is 9.68. The molecule has 0 spiro atoms. The summed E-state index contributed by atoms with van der Waals surface area (Å²) in [4.78, 5) is 12.6. The van der Waals surface area contributed by atoms with Gasteiger partial charge in [0.25, 0.3) is 0 Å². The molecule has 3 rings (SSSR count). The number of rotatable bonds is 9. The van der Waals surface area contributed by atoms with Crippen molar-refractivity contribution in [2.45, 2.75) is 6.61 Å². The van der Waals surface area contributed by atoms with E-state index in [9.17, 15) is 13.2 Å². The third kappa shape index (κ3) is 6.07. The second-order valence-corrected chi connectivity index (χ2v) is 9.05. The third-order valence-electron chi connectivity index (χ3n) is 4.46. The smallest absolute Gasteiger partial charge is 0.304 e. The second kappa shape index (κ2) is 10.1. The van der Waals surface area contributed by atoms with E-state index < -0.39 is 16.1 Å². The van der Waals surface area contributed by atoms with Crippen molar-refractivity contribution in [3.8, 4) is 5.75 Å². The van der Waals surface area contributed by atoms with Crippen molar-refractivity contribution in [3.63, 3.8) is 0 Å². The largest absolute Gasteiger partial charge is 0.489 e. The van der Waals surface area contributed by atoms with Gasteiger partial charge in [-0.1, -0.05) is 48.5 Å². The molecule has 0 unspecified atom stereocenters. The zero-order chi connectivity index (χ0) is 22.3. The SMILES string of the molecule is CN(C)S(=O)(=O)N(CC(=O)Nc1ccc(OCc2ccccc2)cc1)c1ccccc1. The highest BCUT2D eigenvalue weighted by molar-refractivity contribution is 7.90. The predicted octanol–water partition coefficient (Wildman–Crippen LogP) is 3.52. The first-order valence-corrected chi connectivity index (χ1v) is 11.1. The number of benzene rings is 3. The topological polar surface area (TPSA) is 79.0 Å². The number of carbonyl (C=O) groups excluding carboxylic acids is 1. The van der Waals surface area contributed by atoms with Crippen LogP contribution in [0.1, 0.15) is 5.56 Å². The Bertz CT molecular complexity index is 1090. The lowest BCUT2D eigenvalue weighted by Gasteiger charge is -2.26. The van der Waals surface area contributed by atoms with E-state index in [4.69, 9.17) is 4.74 Å². The molecule has 0 atom stereocenters. The molecule has 0 radical (unpaired) electrons. The van der Waals surface area contributed by atoms with Gasteiger partial charge >= 0.3 is 10.2 Å². The van der Waals surface area contributed by atoms with Crippen molar-refractivity contribution < 1.29 is 17.9 Å². The Morgan fingerprint density at radius 1 is 0.871 bits per heavy atom. The summed E-state index contributed by atoms with van der Waals surface area (Å²) in [7, 11) is -0.978.